The van der Waals surface area contributed by atoms with Gasteiger partial charge >= 0.3 is 6.18 Å². The monoisotopic (exact) mass is 216 g/mol. The standard InChI is InChI=1S/C9H7F3N2O/c10-9(11,12)8(14)5-1-2-7(15)6(3-5)4-13/h1-3,8,15H,14H2/t8-/m0/s1. The summed E-state index contributed by atoms with van der Waals surface area (Å²) in [5.74, 6) is -0.365. The topological polar surface area (TPSA) is 70.0 Å². The lowest BCUT2D eigenvalue weighted by molar-refractivity contribution is -0.149. The summed E-state index contributed by atoms with van der Waals surface area (Å²) in [7, 11) is 0. The van der Waals surface area contributed by atoms with E-state index in [9.17, 15) is 13.2 Å². The van der Waals surface area contributed by atoms with Crippen LogP contribution < -0.4 is 5.73 Å². The van der Waals surface area contributed by atoms with Gasteiger partial charge in [0, 0.05) is 0 Å². The lowest BCUT2D eigenvalue weighted by atomic mass is 10.0. The lowest BCUT2D eigenvalue weighted by Crippen LogP contribution is -2.28. The van der Waals surface area contributed by atoms with Crippen molar-refractivity contribution in [2.45, 2.75) is 12.2 Å². The number of alkyl halides is 3. The summed E-state index contributed by atoms with van der Waals surface area (Å²) in [5, 5.41) is 17.6. The molecule has 0 heterocycles. The Morgan fingerprint density at radius 3 is 2.47 bits per heavy atom. The Hall–Kier alpha value is -1.74. The molecule has 0 aliphatic rings. The van der Waals surface area contributed by atoms with E-state index in [1.165, 1.54) is 0 Å². The van der Waals surface area contributed by atoms with Crippen molar-refractivity contribution in [1.29, 1.82) is 5.26 Å². The molecule has 0 aromatic heterocycles. The van der Waals surface area contributed by atoms with E-state index in [0.29, 0.717) is 0 Å². The Kier molecular flexibility index (Phi) is 2.86. The molecule has 1 aromatic rings. The number of nitriles is 1. The van der Waals surface area contributed by atoms with Gasteiger partial charge in [-0.25, -0.2) is 0 Å². The minimum Gasteiger partial charge on any atom is -0.507 e. The molecule has 6 heteroatoms. The van der Waals surface area contributed by atoms with E-state index in [2.05, 4.69) is 0 Å². The molecule has 0 aliphatic carbocycles. The van der Waals surface area contributed by atoms with E-state index >= 15 is 0 Å². The molecule has 15 heavy (non-hydrogen) atoms. The number of halogens is 3. The number of hydrogen-bond acceptors (Lipinski definition) is 3. The molecule has 0 unspecified atom stereocenters. The zero-order chi connectivity index (χ0) is 11.6. The molecule has 1 aromatic carbocycles. The summed E-state index contributed by atoms with van der Waals surface area (Å²) in [5.41, 5.74) is 4.45. The van der Waals surface area contributed by atoms with Crippen LogP contribution in [0.25, 0.3) is 0 Å². The van der Waals surface area contributed by atoms with Crippen LogP contribution >= 0.6 is 0 Å². The summed E-state index contributed by atoms with van der Waals surface area (Å²) in [6.07, 6.45) is -4.57. The van der Waals surface area contributed by atoms with Crippen molar-refractivity contribution < 1.29 is 18.3 Å². The van der Waals surface area contributed by atoms with E-state index in [0.717, 1.165) is 18.2 Å². The Balaban J connectivity index is 3.13. The van der Waals surface area contributed by atoms with Crippen molar-refractivity contribution in [2.24, 2.45) is 5.73 Å². The molecule has 0 spiro atoms. The van der Waals surface area contributed by atoms with Crippen molar-refractivity contribution in [2.75, 3.05) is 0 Å². The summed E-state index contributed by atoms with van der Waals surface area (Å²) >= 11 is 0. The van der Waals surface area contributed by atoms with Crippen molar-refractivity contribution in [1.82, 2.24) is 0 Å². The molecule has 0 fully saturated rings. The highest BCUT2D eigenvalue weighted by Gasteiger charge is 2.37. The van der Waals surface area contributed by atoms with E-state index < -0.39 is 12.2 Å². The maximum atomic E-state index is 12.2. The average molecular weight is 216 g/mol. The summed E-state index contributed by atoms with van der Waals surface area (Å²) in [6.45, 7) is 0. The van der Waals surface area contributed by atoms with Crippen molar-refractivity contribution in [3.05, 3.63) is 29.3 Å². The predicted octanol–water partition coefficient (Wildman–Crippen LogP) is 1.83. The minimum absolute atomic E-state index is 0.229. The van der Waals surface area contributed by atoms with Gasteiger partial charge in [-0.3, -0.25) is 0 Å². The first kappa shape index (κ1) is 11.3. The molecular weight excluding hydrogens is 209 g/mol. The van der Waals surface area contributed by atoms with E-state index in [1.807, 2.05) is 0 Å². The van der Waals surface area contributed by atoms with Crippen LogP contribution in [0, 0.1) is 11.3 Å². The van der Waals surface area contributed by atoms with Crippen LogP contribution in [0.2, 0.25) is 0 Å². The molecule has 3 N–H and O–H groups in total. The Bertz CT molecular complexity index is 409. The average Bonchev–Trinajstić information content (AvgIpc) is 2.16. The molecule has 0 amide bonds. The number of aromatic hydroxyl groups is 1. The maximum absolute atomic E-state index is 12.2. The largest absolute Gasteiger partial charge is 0.507 e. The van der Waals surface area contributed by atoms with Crippen molar-refractivity contribution in [3.63, 3.8) is 0 Å². The molecule has 1 atom stereocenters. The third-order valence-electron chi connectivity index (χ3n) is 1.85. The van der Waals surface area contributed by atoms with Crippen molar-refractivity contribution in [3.8, 4) is 11.8 Å². The van der Waals surface area contributed by atoms with Gasteiger partial charge in [0.1, 0.15) is 17.9 Å². The zero-order valence-electron chi connectivity index (χ0n) is 7.42. The summed E-state index contributed by atoms with van der Waals surface area (Å²) in [4.78, 5) is 0. The van der Waals surface area contributed by atoms with Gasteiger partial charge < -0.3 is 10.8 Å². The second-order valence-electron chi connectivity index (χ2n) is 2.91. The number of phenolic OH excluding ortho intramolecular Hbond substituents is 1. The Morgan fingerprint density at radius 1 is 1.40 bits per heavy atom. The number of phenols is 1. The predicted molar refractivity (Wildman–Crippen MR) is 45.8 cm³/mol. The van der Waals surface area contributed by atoms with Gasteiger partial charge in [0.15, 0.2) is 0 Å². The number of nitrogens with two attached hydrogens (primary N) is 1. The highest BCUT2D eigenvalue weighted by Crippen LogP contribution is 2.32. The first-order chi connectivity index (χ1) is 6.86. The highest BCUT2D eigenvalue weighted by molar-refractivity contribution is 5.45. The van der Waals surface area contributed by atoms with Crippen LogP contribution in [0.5, 0.6) is 5.75 Å². The molecule has 80 valence electrons. The fourth-order valence-corrected chi connectivity index (χ4v) is 1.03. The molecule has 0 saturated heterocycles. The molecule has 3 nitrogen and oxygen atoms in total. The third kappa shape index (κ3) is 2.39. The first-order valence-electron chi connectivity index (χ1n) is 3.91. The summed E-state index contributed by atoms with van der Waals surface area (Å²) in [6, 6.07) is 2.39. The fourth-order valence-electron chi connectivity index (χ4n) is 1.03. The minimum atomic E-state index is -4.57. The van der Waals surface area contributed by atoms with E-state index in [1.54, 1.807) is 6.07 Å². The van der Waals surface area contributed by atoms with Crippen LogP contribution in [-0.2, 0) is 0 Å². The van der Waals surface area contributed by atoms with Crippen LogP contribution in [0.15, 0.2) is 18.2 Å². The number of nitrogens with zero attached hydrogens (tertiary/aromatic N) is 1. The maximum Gasteiger partial charge on any atom is 0.407 e. The van der Waals surface area contributed by atoms with E-state index in [-0.39, 0.29) is 16.9 Å². The number of rotatable bonds is 1. The first-order valence-corrected chi connectivity index (χ1v) is 3.91. The lowest BCUT2D eigenvalue weighted by Gasteiger charge is -2.16. The van der Waals surface area contributed by atoms with Gasteiger partial charge in [-0.1, -0.05) is 6.07 Å². The van der Waals surface area contributed by atoms with E-state index in [4.69, 9.17) is 16.1 Å². The molecule has 0 aliphatic heterocycles. The van der Waals surface area contributed by atoms with Crippen molar-refractivity contribution >= 4 is 0 Å². The molecule has 0 bridgehead atoms. The molecular formula is C9H7F3N2O. The number of benzene rings is 1. The smallest absolute Gasteiger partial charge is 0.407 e. The van der Waals surface area contributed by atoms with Gasteiger partial charge in [0.2, 0.25) is 0 Å². The van der Waals surface area contributed by atoms with Crippen LogP contribution in [0.1, 0.15) is 17.2 Å². The van der Waals surface area contributed by atoms with Gasteiger partial charge in [-0.05, 0) is 17.7 Å². The molecule has 1 rings (SSSR count). The van der Waals surface area contributed by atoms with Gasteiger partial charge in [-0.2, -0.15) is 18.4 Å². The SMILES string of the molecule is N#Cc1cc([C@H](N)C(F)(F)F)ccc1O. The summed E-state index contributed by atoms with van der Waals surface area (Å²) < 4.78 is 36.6. The fraction of sp³-hybridized carbons (Fsp3) is 0.222. The van der Waals surface area contributed by atoms with Gasteiger partial charge in [-0.15, -0.1) is 0 Å². The quantitative estimate of drug-likeness (QED) is 0.752. The second kappa shape index (κ2) is 3.79. The Morgan fingerprint density at radius 2 is 2.00 bits per heavy atom. The second-order valence-corrected chi connectivity index (χ2v) is 2.91. The van der Waals surface area contributed by atoms with Crippen LogP contribution in [-0.4, -0.2) is 11.3 Å². The van der Waals surface area contributed by atoms with Crippen LogP contribution in [0.4, 0.5) is 13.2 Å². The van der Waals surface area contributed by atoms with Gasteiger partial charge in [0.05, 0.1) is 5.56 Å². The highest BCUT2D eigenvalue weighted by atomic mass is 19.4. The third-order valence-corrected chi connectivity index (χ3v) is 1.85. The molecule has 0 saturated carbocycles. The zero-order valence-corrected chi connectivity index (χ0v) is 7.42. The van der Waals surface area contributed by atoms with Gasteiger partial charge in [0.25, 0.3) is 0 Å². The Labute approximate surface area is 83.5 Å². The van der Waals surface area contributed by atoms with Crippen LogP contribution in [0.3, 0.4) is 0 Å². The number of hydrogen-bond donors (Lipinski definition) is 2. The normalized spacial score (nSPS) is 13.3. The molecule has 0 radical (unpaired) electrons.